The van der Waals surface area contributed by atoms with Crippen molar-refractivity contribution >= 4 is 34.9 Å². The molecule has 0 aliphatic rings. The van der Waals surface area contributed by atoms with Gasteiger partial charge in [-0.25, -0.2) is 4.79 Å². The first kappa shape index (κ1) is 27.7. The lowest BCUT2D eigenvalue weighted by Gasteiger charge is -2.18. The predicted octanol–water partition coefficient (Wildman–Crippen LogP) is 3.91. The number of hydrogen-bond donors (Lipinski definition) is 4. The summed E-state index contributed by atoms with van der Waals surface area (Å²) in [5.74, 6) is -1.59. The number of rotatable bonds is 10. The molecule has 0 fully saturated rings. The van der Waals surface area contributed by atoms with Crippen LogP contribution < -0.4 is 21.5 Å². The van der Waals surface area contributed by atoms with E-state index in [0.717, 1.165) is 5.56 Å². The van der Waals surface area contributed by atoms with Crippen LogP contribution in [0.2, 0.25) is 0 Å². The minimum atomic E-state index is -0.632. The maximum Gasteiger partial charge on any atom is 0.344 e. The molecule has 0 bridgehead atoms. The van der Waals surface area contributed by atoms with Crippen LogP contribution in [0, 0.1) is 0 Å². The van der Waals surface area contributed by atoms with Crippen molar-refractivity contribution < 1.29 is 29.1 Å². The highest BCUT2D eigenvalue weighted by Gasteiger charge is 2.24. The van der Waals surface area contributed by atoms with Crippen molar-refractivity contribution in [1.82, 2.24) is 0 Å². The summed E-state index contributed by atoms with van der Waals surface area (Å²) in [6.07, 6.45) is 0. The molecule has 0 atom stereocenters. The first-order valence-electron chi connectivity index (χ1n) is 11.9. The number of nitrogens with two attached hydrogens (primary N) is 2. The summed E-state index contributed by atoms with van der Waals surface area (Å²) in [6.45, 7) is 5.44. The maximum atomic E-state index is 13.8. The van der Waals surface area contributed by atoms with Gasteiger partial charge in [-0.05, 0) is 48.7 Å². The number of esters is 1. The highest BCUT2D eigenvalue weighted by atomic mass is 16.6. The van der Waals surface area contributed by atoms with Gasteiger partial charge in [-0.15, -0.1) is 0 Å². The number of amidine groups is 1. The molecule has 0 heterocycles. The van der Waals surface area contributed by atoms with E-state index >= 15 is 0 Å². The van der Waals surface area contributed by atoms with E-state index in [-0.39, 0.29) is 40.7 Å². The number of amides is 1. The third kappa shape index (κ3) is 6.47. The van der Waals surface area contributed by atoms with E-state index in [1.165, 1.54) is 24.3 Å². The van der Waals surface area contributed by atoms with E-state index < -0.39 is 24.3 Å². The van der Waals surface area contributed by atoms with Gasteiger partial charge in [-0.2, -0.15) is 0 Å². The van der Waals surface area contributed by atoms with E-state index in [0.29, 0.717) is 17.0 Å². The van der Waals surface area contributed by atoms with Crippen LogP contribution in [0.4, 0.5) is 11.4 Å². The Morgan fingerprint density at radius 3 is 2.32 bits per heavy atom. The molecule has 0 aliphatic carbocycles. The van der Waals surface area contributed by atoms with Crippen molar-refractivity contribution in [2.75, 3.05) is 24.3 Å². The zero-order valence-electron chi connectivity index (χ0n) is 21.4. The Balaban J connectivity index is 2.07. The first-order valence-corrected chi connectivity index (χ1v) is 11.9. The van der Waals surface area contributed by atoms with E-state index in [4.69, 9.17) is 26.1 Å². The summed E-state index contributed by atoms with van der Waals surface area (Å²) < 4.78 is 10.5. The number of nitrogen functional groups attached to an aromatic ring is 1. The van der Waals surface area contributed by atoms with Gasteiger partial charge in [0.15, 0.2) is 18.2 Å². The highest BCUT2D eigenvalue weighted by Crippen LogP contribution is 2.35. The van der Waals surface area contributed by atoms with E-state index in [1.54, 1.807) is 31.2 Å². The molecule has 38 heavy (non-hydrogen) atoms. The van der Waals surface area contributed by atoms with Crippen molar-refractivity contribution in [1.29, 1.82) is 0 Å². The van der Waals surface area contributed by atoms with Crippen LogP contribution in [0.25, 0.3) is 0 Å². The summed E-state index contributed by atoms with van der Waals surface area (Å²) in [5, 5.41) is 14.7. The molecule has 10 heteroatoms. The van der Waals surface area contributed by atoms with Gasteiger partial charge in [0.05, 0.1) is 23.5 Å². The average molecular weight is 519 g/mol. The molecule has 0 unspecified atom stereocenters. The molecule has 3 aromatic rings. The quantitative estimate of drug-likeness (QED) is 0.0596. The van der Waals surface area contributed by atoms with Crippen LogP contribution in [0.5, 0.6) is 5.75 Å². The molecule has 198 valence electrons. The Hall–Kier alpha value is -4.86. The second-order valence-corrected chi connectivity index (χ2v) is 8.62. The molecule has 0 aromatic heterocycles. The van der Waals surface area contributed by atoms with Crippen molar-refractivity contribution in [3.05, 3.63) is 88.5 Å². The fourth-order valence-corrected chi connectivity index (χ4v) is 3.65. The molecule has 0 spiro atoms. The number of nitrogens with one attached hydrogen (secondary N) is 1. The van der Waals surface area contributed by atoms with Gasteiger partial charge >= 0.3 is 5.97 Å². The number of carbonyl (C=O) groups is 3. The molecule has 1 amide bonds. The van der Waals surface area contributed by atoms with Crippen molar-refractivity contribution in [3.63, 3.8) is 0 Å². The Labute approximate surface area is 220 Å². The van der Waals surface area contributed by atoms with Crippen LogP contribution in [-0.2, 0) is 9.53 Å². The number of hydrogen-bond acceptors (Lipinski definition) is 8. The van der Waals surface area contributed by atoms with E-state index in [1.807, 2.05) is 26.0 Å². The smallest absolute Gasteiger partial charge is 0.344 e. The Morgan fingerprint density at radius 2 is 1.68 bits per heavy atom. The summed E-state index contributed by atoms with van der Waals surface area (Å²) >= 11 is 0. The van der Waals surface area contributed by atoms with Crippen LogP contribution in [-0.4, -0.2) is 41.9 Å². The number of ether oxygens (including phenoxy) is 2. The molecular formula is C28H30N4O6. The SMILES string of the molecule is CCOC(=O)COc1ccc(N)c(NC(=O)c2ccc(C(C)C)cc2)c1C(=O)c1cccc(C(N)=NO)c1. The molecule has 6 N–H and O–H groups in total. The Morgan fingerprint density at radius 1 is 1.00 bits per heavy atom. The number of benzene rings is 3. The maximum absolute atomic E-state index is 13.8. The highest BCUT2D eigenvalue weighted by molar-refractivity contribution is 6.19. The monoisotopic (exact) mass is 518 g/mol. The number of anilines is 2. The fourth-order valence-electron chi connectivity index (χ4n) is 3.65. The van der Waals surface area contributed by atoms with Gasteiger partial charge in [-0.1, -0.05) is 49.3 Å². The number of nitrogens with zero attached hydrogens (tertiary/aromatic N) is 1. The van der Waals surface area contributed by atoms with Gasteiger partial charge in [-0.3, -0.25) is 9.59 Å². The normalized spacial score (nSPS) is 11.2. The molecule has 0 radical (unpaired) electrons. The Kier molecular flexibility index (Phi) is 9.04. The van der Waals surface area contributed by atoms with Gasteiger partial charge in [0, 0.05) is 16.7 Å². The summed E-state index contributed by atoms with van der Waals surface area (Å²) in [4.78, 5) is 38.8. The summed E-state index contributed by atoms with van der Waals surface area (Å²) in [6, 6.07) is 16.0. The minimum absolute atomic E-state index is 0.0110. The van der Waals surface area contributed by atoms with E-state index in [9.17, 15) is 14.4 Å². The second kappa shape index (κ2) is 12.4. The number of oxime groups is 1. The van der Waals surface area contributed by atoms with Crippen LogP contribution in [0.15, 0.2) is 65.8 Å². The van der Waals surface area contributed by atoms with Crippen LogP contribution >= 0.6 is 0 Å². The third-order valence-corrected chi connectivity index (χ3v) is 5.68. The third-order valence-electron chi connectivity index (χ3n) is 5.68. The molecule has 0 aliphatic heterocycles. The van der Waals surface area contributed by atoms with Crippen molar-refractivity contribution in [2.24, 2.45) is 10.9 Å². The lowest BCUT2D eigenvalue weighted by molar-refractivity contribution is -0.145. The second-order valence-electron chi connectivity index (χ2n) is 8.62. The summed E-state index contributed by atoms with van der Waals surface area (Å²) in [7, 11) is 0. The van der Waals surface area contributed by atoms with Crippen LogP contribution in [0.1, 0.15) is 64.1 Å². The molecule has 3 rings (SSSR count). The number of ketones is 1. The van der Waals surface area contributed by atoms with Gasteiger partial charge in [0.2, 0.25) is 0 Å². The molecular weight excluding hydrogens is 488 g/mol. The standard InChI is InChI=1S/C28H30N4O6/c1-4-37-23(33)15-38-22-13-12-21(29)25(31-28(35)18-10-8-17(9-11-18)16(2)3)24(22)26(34)19-6-5-7-20(14-19)27(30)32-36/h5-14,16,36H,4,15,29H2,1-3H3,(H2,30,32)(H,31,35). The minimum Gasteiger partial charge on any atom is -0.481 e. The zero-order valence-corrected chi connectivity index (χ0v) is 21.4. The zero-order chi connectivity index (χ0) is 27.8. The average Bonchev–Trinajstić information content (AvgIpc) is 2.92. The Bertz CT molecular complexity index is 1370. The topological polar surface area (TPSA) is 166 Å². The lowest BCUT2D eigenvalue weighted by Crippen LogP contribution is -2.20. The van der Waals surface area contributed by atoms with Crippen molar-refractivity contribution in [3.8, 4) is 5.75 Å². The van der Waals surface area contributed by atoms with Crippen LogP contribution in [0.3, 0.4) is 0 Å². The van der Waals surface area contributed by atoms with Gasteiger partial charge < -0.3 is 31.5 Å². The molecule has 3 aromatic carbocycles. The molecule has 10 nitrogen and oxygen atoms in total. The summed E-state index contributed by atoms with van der Waals surface area (Å²) in [5.41, 5.74) is 13.8. The first-order chi connectivity index (χ1) is 18.2. The van der Waals surface area contributed by atoms with E-state index in [2.05, 4.69) is 10.5 Å². The molecule has 0 saturated heterocycles. The molecule has 0 saturated carbocycles. The largest absolute Gasteiger partial charge is 0.481 e. The van der Waals surface area contributed by atoms with Gasteiger partial charge in [0.25, 0.3) is 5.91 Å². The number of carbonyl (C=O) groups excluding carboxylic acids is 3. The van der Waals surface area contributed by atoms with Gasteiger partial charge in [0.1, 0.15) is 5.75 Å². The predicted molar refractivity (Wildman–Crippen MR) is 144 cm³/mol. The van der Waals surface area contributed by atoms with Crippen molar-refractivity contribution in [2.45, 2.75) is 26.7 Å². The lowest BCUT2D eigenvalue weighted by atomic mass is 9.97. The fraction of sp³-hybridized carbons (Fsp3) is 0.214.